The predicted molar refractivity (Wildman–Crippen MR) is 85.7 cm³/mol. The minimum absolute atomic E-state index is 0.0896. The summed E-state index contributed by atoms with van der Waals surface area (Å²) in [5.74, 6) is 1.20. The highest BCUT2D eigenvalue weighted by molar-refractivity contribution is 5.65. The molecule has 1 aliphatic heterocycles. The van der Waals surface area contributed by atoms with Gasteiger partial charge in [0.25, 0.3) is 5.56 Å². The summed E-state index contributed by atoms with van der Waals surface area (Å²) < 4.78 is 13.0. The molecule has 1 unspecified atom stereocenters. The molecule has 22 heavy (non-hydrogen) atoms. The van der Waals surface area contributed by atoms with E-state index in [1.165, 1.54) is 0 Å². The molecule has 0 bridgehead atoms. The van der Waals surface area contributed by atoms with Gasteiger partial charge in [-0.2, -0.15) is 0 Å². The summed E-state index contributed by atoms with van der Waals surface area (Å²) in [6, 6.07) is 1.99. The van der Waals surface area contributed by atoms with Crippen LogP contribution in [0.2, 0.25) is 0 Å². The zero-order chi connectivity index (χ0) is 15.5. The minimum atomic E-state index is 0.0896. The molecule has 0 saturated carbocycles. The van der Waals surface area contributed by atoms with E-state index in [1.54, 1.807) is 11.6 Å². The van der Waals surface area contributed by atoms with E-state index in [2.05, 4.69) is 17.9 Å². The molecule has 0 N–H and O–H groups in total. The van der Waals surface area contributed by atoms with Crippen LogP contribution in [0.5, 0.6) is 0 Å². The first-order valence-corrected chi connectivity index (χ1v) is 7.99. The van der Waals surface area contributed by atoms with Crippen LogP contribution in [0.25, 0.3) is 5.76 Å². The highest BCUT2D eigenvalue weighted by atomic mass is 16.5. The lowest BCUT2D eigenvalue weighted by Gasteiger charge is -2.27. The van der Waals surface area contributed by atoms with Gasteiger partial charge in [-0.1, -0.05) is 6.92 Å². The van der Waals surface area contributed by atoms with Crippen molar-refractivity contribution in [2.45, 2.75) is 13.3 Å². The van der Waals surface area contributed by atoms with Gasteiger partial charge in [-0.15, -0.1) is 0 Å². The number of morpholine rings is 1. The van der Waals surface area contributed by atoms with E-state index in [9.17, 15) is 4.79 Å². The van der Waals surface area contributed by atoms with Crippen molar-refractivity contribution in [1.82, 2.24) is 9.47 Å². The van der Waals surface area contributed by atoms with Crippen LogP contribution in [0.15, 0.2) is 23.1 Å². The summed E-state index contributed by atoms with van der Waals surface area (Å²) in [6.45, 7) is 7.21. The van der Waals surface area contributed by atoms with Gasteiger partial charge in [0, 0.05) is 44.0 Å². The minimum Gasteiger partial charge on any atom is -0.492 e. The van der Waals surface area contributed by atoms with Crippen LogP contribution in [-0.4, -0.2) is 48.9 Å². The van der Waals surface area contributed by atoms with E-state index in [4.69, 9.17) is 9.47 Å². The summed E-state index contributed by atoms with van der Waals surface area (Å²) in [5, 5.41) is 0. The maximum atomic E-state index is 12.3. The Morgan fingerprint density at radius 3 is 2.91 bits per heavy atom. The Balaban J connectivity index is 1.68. The Labute approximate surface area is 131 Å². The quantitative estimate of drug-likeness (QED) is 0.840. The maximum absolute atomic E-state index is 12.3. The standard InChI is InChI=1S/C17H24N2O3/c1-13-11-15-14(3-4-18(2)17(15)20)16(12-13)22-10-7-19-5-8-21-9-6-19/h3-4,12-13H,5-11H2,1-2H3. The molecule has 1 atom stereocenters. The Bertz CT molecular complexity index is 615. The number of pyridine rings is 1. The van der Waals surface area contributed by atoms with Crippen molar-refractivity contribution < 1.29 is 9.47 Å². The largest absolute Gasteiger partial charge is 0.492 e. The number of hydrogen-bond donors (Lipinski definition) is 0. The van der Waals surface area contributed by atoms with Crippen LogP contribution < -0.4 is 5.56 Å². The molecule has 0 radical (unpaired) electrons. The fourth-order valence-corrected chi connectivity index (χ4v) is 3.08. The predicted octanol–water partition coefficient (Wildman–Crippen LogP) is 1.27. The number of aryl methyl sites for hydroxylation is 1. The monoisotopic (exact) mass is 304 g/mol. The summed E-state index contributed by atoms with van der Waals surface area (Å²) in [6.07, 6.45) is 4.75. The molecule has 1 aromatic rings. The van der Waals surface area contributed by atoms with Crippen molar-refractivity contribution in [3.63, 3.8) is 0 Å². The van der Waals surface area contributed by atoms with Gasteiger partial charge >= 0.3 is 0 Å². The maximum Gasteiger partial charge on any atom is 0.254 e. The summed E-state index contributed by atoms with van der Waals surface area (Å²) in [4.78, 5) is 14.6. The molecule has 3 rings (SSSR count). The van der Waals surface area contributed by atoms with Crippen LogP contribution >= 0.6 is 0 Å². The molecule has 1 fully saturated rings. The number of allylic oxidation sites excluding steroid dienone is 1. The zero-order valence-electron chi connectivity index (χ0n) is 13.4. The van der Waals surface area contributed by atoms with Gasteiger partial charge in [-0.3, -0.25) is 9.69 Å². The molecule has 1 aliphatic carbocycles. The van der Waals surface area contributed by atoms with Crippen molar-refractivity contribution in [2.24, 2.45) is 13.0 Å². The van der Waals surface area contributed by atoms with Gasteiger partial charge < -0.3 is 14.0 Å². The van der Waals surface area contributed by atoms with Gasteiger partial charge in [0.1, 0.15) is 12.4 Å². The molecule has 0 aromatic carbocycles. The lowest BCUT2D eigenvalue weighted by Crippen LogP contribution is -2.38. The Hall–Kier alpha value is -1.59. The van der Waals surface area contributed by atoms with E-state index >= 15 is 0 Å². The van der Waals surface area contributed by atoms with E-state index in [1.807, 2.05) is 12.3 Å². The number of rotatable bonds is 4. The van der Waals surface area contributed by atoms with E-state index < -0.39 is 0 Å². The Morgan fingerprint density at radius 1 is 1.36 bits per heavy atom. The fraction of sp³-hybridized carbons (Fsp3) is 0.588. The number of aromatic nitrogens is 1. The third-order valence-electron chi connectivity index (χ3n) is 4.36. The highest BCUT2D eigenvalue weighted by Crippen LogP contribution is 2.27. The molecule has 0 spiro atoms. The first-order chi connectivity index (χ1) is 10.6. The molecule has 1 aromatic heterocycles. The lowest BCUT2D eigenvalue weighted by molar-refractivity contribution is 0.0305. The highest BCUT2D eigenvalue weighted by Gasteiger charge is 2.21. The molecule has 5 heteroatoms. The molecular weight excluding hydrogens is 280 g/mol. The topological polar surface area (TPSA) is 43.7 Å². The Morgan fingerprint density at radius 2 is 2.14 bits per heavy atom. The van der Waals surface area contributed by atoms with E-state index in [-0.39, 0.29) is 5.56 Å². The van der Waals surface area contributed by atoms with Crippen LogP contribution in [0, 0.1) is 5.92 Å². The summed E-state index contributed by atoms with van der Waals surface area (Å²) >= 11 is 0. The van der Waals surface area contributed by atoms with Crippen LogP contribution in [0.4, 0.5) is 0 Å². The Kier molecular flexibility index (Phi) is 4.64. The zero-order valence-corrected chi connectivity index (χ0v) is 13.4. The molecule has 1 saturated heterocycles. The molecule has 120 valence electrons. The molecule has 2 aliphatic rings. The first kappa shape index (κ1) is 15.3. The second-order valence-electron chi connectivity index (χ2n) is 6.14. The van der Waals surface area contributed by atoms with Crippen molar-refractivity contribution in [3.05, 3.63) is 39.8 Å². The van der Waals surface area contributed by atoms with Crippen LogP contribution in [-0.2, 0) is 22.9 Å². The molecule has 2 heterocycles. The van der Waals surface area contributed by atoms with Gasteiger partial charge in [0.15, 0.2) is 0 Å². The fourth-order valence-electron chi connectivity index (χ4n) is 3.08. The van der Waals surface area contributed by atoms with E-state index in [0.717, 1.165) is 56.2 Å². The van der Waals surface area contributed by atoms with Crippen LogP contribution in [0.1, 0.15) is 18.1 Å². The normalized spacial score (nSPS) is 22.1. The van der Waals surface area contributed by atoms with Gasteiger partial charge in [0.2, 0.25) is 0 Å². The second-order valence-corrected chi connectivity index (χ2v) is 6.14. The van der Waals surface area contributed by atoms with Gasteiger partial charge in [-0.05, 0) is 24.5 Å². The first-order valence-electron chi connectivity index (χ1n) is 7.99. The van der Waals surface area contributed by atoms with Crippen molar-refractivity contribution >= 4 is 5.76 Å². The van der Waals surface area contributed by atoms with E-state index in [0.29, 0.717) is 12.5 Å². The van der Waals surface area contributed by atoms with Crippen molar-refractivity contribution in [2.75, 3.05) is 39.5 Å². The average Bonchev–Trinajstić information content (AvgIpc) is 2.52. The SMILES string of the molecule is CC1C=C(OCCN2CCOCC2)c2ccn(C)c(=O)c2C1. The second kappa shape index (κ2) is 6.67. The van der Waals surface area contributed by atoms with Gasteiger partial charge in [0.05, 0.1) is 13.2 Å². The number of hydrogen-bond acceptors (Lipinski definition) is 4. The molecule has 5 nitrogen and oxygen atoms in total. The number of fused-ring (bicyclic) bond motifs is 1. The average molecular weight is 304 g/mol. The number of nitrogens with zero attached hydrogens (tertiary/aromatic N) is 2. The summed E-state index contributed by atoms with van der Waals surface area (Å²) in [7, 11) is 1.80. The molecular formula is C17H24N2O3. The smallest absolute Gasteiger partial charge is 0.254 e. The third-order valence-corrected chi connectivity index (χ3v) is 4.36. The van der Waals surface area contributed by atoms with Crippen molar-refractivity contribution in [1.29, 1.82) is 0 Å². The third kappa shape index (κ3) is 3.25. The summed E-state index contributed by atoms with van der Waals surface area (Å²) in [5.41, 5.74) is 1.93. The lowest BCUT2D eigenvalue weighted by atomic mass is 9.90. The van der Waals surface area contributed by atoms with Crippen molar-refractivity contribution in [3.8, 4) is 0 Å². The number of ether oxygens (including phenoxy) is 2. The molecule has 0 amide bonds. The van der Waals surface area contributed by atoms with Gasteiger partial charge in [-0.25, -0.2) is 0 Å². The van der Waals surface area contributed by atoms with Crippen LogP contribution in [0.3, 0.4) is 0 Å².